The fourth-order valence-electron chi connectivity index (χ4n) is 0.943. The molecule has 0 spiro atoms. The largest absolute Gasteiger partial charge is 0.466 e. The van der Waals surface area contributed by atoms with Crippen LogP contribution in [0.15, 0.2) is 40.1 Å². The summed E-state index contributed by atoms with van der Waals surface area (Å²) in [7, 11) is 1.36. The Morgan fingerprint density at radius 2 is 2.00 bits per heavy atom. The number of esters is 1. The third-order valence-electron chi connectivity index (χ3n) is 1.61. The van der Waals surface area contributed by atoms with Crippen molar-refractivity contribution in [1.82, 2.24) is 0 Å². The summed E-state index contributed by atoms with van der Waals surface area (Å²) in [6.07, 6.45) is 1.46. The summed E-state index contributed by atoms with van der Waals surface area (Å²) >= 11 is 7.25. The van der Waals surface area contributed by atoms with Gasteiger partial charge in [-0.2, -0.15) is 0 Å². The zero-order valence-corrected chi connectivity index (χ0v) is 10.1. The zero-order valence-electron chi connectivity index (χ0n) is 8.49. The Hall–Kier alpha value is -0.930. The van der Waals surface area contributed by atoms with E-state index in [9.17, 15) is 4.79 Å². The molecule has 0 aliphatic rings. The molecule has 4 heteroatoms. The van der Waals surface area contributed by atoms with Gasteiger partial charge in [-0.1, -0.05) is 23.4 Å². The highest BCUT2D eigenvalue weighted by atomic mass is 35.5. The first-order valence-corrected chi connectivity index (χ1v) is 5.51. The van der Waals surface area contributed by atoms with Crippen LogP contribution in [-0.2, 0) is 9.53 Å². The molecule has 0 unspecified atom stereocenters. The molecule has 1 rings (SSSR count). The molecule has 80 valence electrons. The standard InChI is InChI=1S/C11H11ClO2S/c1-8(7-11(13)14-2)15-10-5-3-9(12)4-6-10/h3-7H,1-2H3/b8-7+. The van der Waals surface area contributed by atoms with Crippen molar-refractivity contribution in [3.63, 3.8) is 0 Å². The smallest absolute Gasteiger partial charge is 0.331 e. The highest BCUT2D eigenvalue weighted by Gasteiger charge is 1.99. The molecule has 15 heavy (non-hydrogen) atoms. The summed E-state index contributed by atoms with van der Waals surface area (Å²) in [5.74, 6) is -0.339. The molecular weight excluding hydrogens is 232 g/mol. The van der Waals surface area contributed by atoms with Crippen LogP contribution in [0.4, 0.5) is 0 Å². The molecule has 0 aliphatic heterocycles. The molecule has 0 saturated carbocycles. The number of carbonyl (C=O) groups excluding carboxylic acids is 1. The first-order chi connectivity index (χ1) is 7.11. The third-order valence-corrected chi connectivity index (χ3v) is 2.81. The number of hydrogen-bond donors (Lipinski definition) is 0. The number of rotatable bonds is 3. The average molecular weight is 243 g/mol. The molecule has 0 aromatic heterocycles. The van der Waals surface area contributed by atoms with Crippen molar-refractivity contribution in [2.24, 2.45) is 0 Å². The number of allylic oxidation sites excluding steroid dienone is 1. The van der Waals surface area contributed by atoms with Gasteiger partial charge in [0.05, 0.1) is 7.11 Å². The molecule has 1 aromatic rings. The monoisotopic (exact) mass is 242 g/mol. The molecular formula is C11H11ClO2S. The Balaban J connectivity index is 2.66. The molecule has 0 saturated heterocycles. The van der Waals surface area contributed by atoms with Crippen LogP contribution < -0.4 is 0 Å². The Morgan fingerprint density at radius 1 is 1.40 bits per heavy atom. The lowest BCUT2D eigenvalue weighted by Gasteiger charge is -2.01. The fraction of sp³-hybridized carbons (Fsp3) is 0.182. The number of benzene rings is 1. The Labute approximate surface area is 98.3 Å². The van der Waals surface area contributed by atoms with Gasteiger partial charge in [0.2, 0.25) is 0 Å². The summed E-state index contributed by atoms with van der Waals surface area (Å²) in [6.45, 7) is 1.86. The number of methoxy groups -OCH3 is 1. The van der Waals surface area contributed by atoms with Gasteiger partial charge in [-0.25, -0.2) is 4.79 Å². The number of thioether (sulfide) groups is 1. The lowest BCUT2D eigenvalue weighted by atomic mass is 10.4. The number of ether oxygens (including phenoxy) is 1. The van der Waals surface area contributed by atoms with Crippen molar-refractivity contribution in [2.45, 2.75) is 11.8 Å². The third kappa shape index (κ3) is 4.40. The summed E-state index contributed by atoms with van der Waals surface area (Å²) < 4.78 is 4.53. The normalized spacial score (nSPS) is 11.3. The SMILES string of the molecule is COC(=O)/C=C(\C)Sc1ccc(Cl)cc1. The lowest BCUT2D eigenvalue weighted by molar-refractivity contribution is -0.134. The molecule has 0 aliphatic carbocycles. The van der Waals surface area contributed by atoms with Gasteiger partial charge in [0, 0.05) is 16.0 Å². The van der Waals surface area contributed by atoms with Crippen molar-refractivity contribution in [2.75, 3.05) is 7.11 Å². The number of halogens is 1. The van der Waals surface area contributed by atoms with Crippen LogP contribution >= 0.6 is 23.4 Å². The van der Waals surface area contributed by atoms with Gasteiger partial charge in [0.25, 0.3) is 0 Å². The summed E-state index contributed by atoms with van der Waals surface area (Å²) in [5.41, 5.74) is 0. The fourth-order valence-corrected chi connectivity index (χ4v) is 1.87. The van der Waals surface area contributed by atoms with E-state index in [0.29, 0.717) is 5.02 Å². The minimum Gasteiger partial charge on any atom is -0.466 e. The van der Waals surface area contributed by atoms with Crippen molar-refractivity contribution in [3.8, 4) is 0 Å². The van der Waals surface area contributed by atoms with E-state index < -0.39 is 0 Å². The predicted octanol–water partition coefficient (Wildman–Crippen LogP) is 3.51. The van der Waals surface area contributed by atoms with Gasteiger partial charge in [-0.15, -0.1) is 0 Å². The zero-order chi connectivity index (χ0) is 11.3. The van der Waals surface area contributed by atoms with E-state index in [4.69, 9.17) is 11.6 Å². The van der Waals surface area contributed by atoms with Crippen LogP contribution in [0, 0.1) is 0 Å². The summed E-state index contributed by atoms with van der Waals surface area (Å²) in [4.78, 5) is 12.9. The minimum absolute atomic E-state index is 0.339. The van der Waals surface area contributed by atoms with Crippen molar-refractivity contribution in [1.29, 1.82) is 0 Å². The Bertz CT molecular complexity index is 371. The van der Waals surface area contributed by atoms with Crippen molar-refractivity contribution >= 4 is 29.3 Å². The molecule has 2 nitrogen and oxygen atoms in total. The van der Waals surface area contributed by atoms with Gasteiger partial charge in [0.1, 0.15) is 0 Å². The average Bonchev–Trinajstić information content (AvgIpc) is 2.21. The van der Waals surface area contributed by atoms with Gasteiger partial charge in [-0.3, -0.25) is 0 Å². The van der Waals surface area contributed by atoms with E-state index in [2.05, 4.69) is 4.74 Å². The molecule has 0 N–H and O–H groups in total. The van der Waals surface area contributed by atoms with Crippen LogP contribution in [0.3, 0.4) is 0 Å². The van der Waals surface area contributed by atoms with Crippen molar-refractivity contribution in [3.05, 3.63) is 40.3 Å². The highest BCUT2D eigenvalue weighted by Crippen LogP contribution is 2.26. The Kier molecular flexibility index (Phi) is 4.72. The van der Waals surface area contributed by atoms with Gasteiger partial charge in [-0.05, 0) is 36.1 Å². The van der Waals surface area contributed by atoms with Gasteiger partial charge >= 0.3 is 5.97 Å². The number of hydrogen-bond acceptors (Lipinski definition) is 3. The van der Waals surface area contributed by atoms with Gasteiger partial charge < -0.3 is 4.74 Å². The van der Waals surface area contributed by atoms with E-state index in [1.165, 1.54) is 24.9 Å². The molecule has 0 fully saturated rings. The molecule has 0 atom stereocenters. The minimum atomic E-state index is -0.339. The van der Waals surface area contributed by atoms with Crippen LogP contribution in [0.2, 0.25) is 5.02 Å². The molecule has 0 amide bonds. The molecule has 1 aromatic carbocycles. The van der Waals surface area contributed by atoms with Crippen molar-refractivity contribution < 1.29 is 9.53 Å². The maximum absolute atomic E-state index is 10.9. The highest BCUT2D eigenvalue weighted by molar-refractivity contribution is 8.03. The molecule has 0 bridgehead atoms. The van der Waals surface area contributed by atoms with Crippen LogP contribution in [0.5, 0.6) is 0 Å². The summed E-state index contributed by atoms with van der Waals surface area (Å²) in [6, 6.07) is 7.44. The second-order valence-corrected chi connectivity index (χ2v) is 4.59. The van der Waals surface area contributed by atoms with Crippen LogP contribution in [0.1, 0.15) is 6.92 Å². The first kappa shape index (κ1) is 12.1. The van der Waals surface area contributed by atoms with E-state index >= 15 is 0 Å². The van der Waals surface area contributed by atoms with Crippen LogP contribution in [-0.4, -0.2) is 13.1 Å². The molecule has 0 heterocycles. The maximum Gasteiger partial charge on any atom is 0.331 e. The second-order valence-electron chi connectivity index (χ2n) is 2.83. The number of carbonyl (C=O) groups is 1. The Morgan fingerprint density at radius 3 is 2.53 bits per heavy atom. The van der Waals surface area contributed by atoms with Crippen LogP contribution in [0.25, 0.3) is 0 Å². The van der Waals surface area contributed by atoms with E-state index in [0.717, 1.165) is 9.80 Å². The quantitative estimate of drug-likeness (QED) is 0.461. The van der Waals surface area contributed by atoms with E-state index in [1.807, 2.05) is 31.2 Å². The topological polar surface area (TPSA) is 26.3 Å². The van der Waals surface area contributed by atoms with E-state index in [-0.39, 0.29) is 5.97 Å². The van der Waals surface area contributed by atoms with Gasteiger partial charge in [0.15, 0.2) is 0 Å². The predicted molar refractivity (Wildman–Crippen MR) is 63.1 cm³/mol. The summed E-state index contributed by atoms with van der Waals surface area (Å²) in [5, 5.41) is 0.703. The van der Waals surface area contributed by atoms with E-state index in [1.54, 1.807) is 0 Å². The second kappa shape index (κ2) is 5.83. The maximum atomic E-state index is 10.9. The lowest BCUT2D eigenvalue weighted by Crippen LogP contribution is -1.94. The first-order valence-electron chi connectivity index (χ1n) is 4.31. The molecule has 0 radical (unpaired) electrons.